The monoisotopic (exact) mass is 410 g/mol. The molecule has 0 aliphatic rings. The lowest BCUT2D eigenvalue weighted by atomic mass is 10.2. The van der Waals surface area contributed by atoms with E-state index >= 15 is 0 Å². The first kappa shape index (κ1) is 19.2. The molecule has 2 aromatic carbocycles. The lowest BCUT2D eigenvalue weighted by molar-refractivity contribution is 0.300. The molecule has 2 heterocycles. The summed E-state index contributed by atoms with van der Waals surface area (Å²) in [5.74, 6) is 0.357. The highest BCUT2D eigenvalue weighted by molar-refractivity contribution is 6.29. The molecule has 0 saturated carbocycles. The topological polar surface area (TPSA) is 55.8 Å². The molecule has 7 heteroatoms. The number of hydrogen-bond donors (Lipinski definition) is 1. The number of rotatable bonds is 7. The van der Waals surface area contributed by atoms with Gasteiger partial charge in [0.25, 0.3) is 0 Å². The van der Waals surface area contributed by atoms with E-state index in [1.54, 1.807) is 24.4 Å². The van der Waals surface area contributed by atoms with Crippen molar-refractivity contribution < 1.29 is 9.13 Å². The summed E-state index contributed by atoms with van der Waals surface area (Å²) >= 11 is 5.88. The van der Waals surface area contributed by atoms with Gasteiger partial charge in [-0.25, -0.2) is 9.37 Å². The predicted molar refractivity (Wildman–Crippen MR) is 111 cm³/mol. The van der Waals surface area contributed by atoms with Crippen molar-refractivity contribution in [3.8, 4) is 5.75 Å². The highest BCUT2D eigenvalue weighted by Crippen LogP contribution is 2.16. The van der Waals surface area contributed by atoms with Crippen molar-refractivity contribution in [3.63, 3.8) is 0 Å². The zero-order chi connectivity index (χ0) is 20.2. The van der Waals surface area contributed by atoms with Crippen LogP contribution in [0.5, 0.6) is 5.75 Å². The maximum absolute atomic E-state index is 13.0. The van der Waals surface area contributed by atoms with Crippen LogP contribution in [0.15, 0.2) is 66.9 Å². The fourth-order valence-corrected chi connectivity index (χ4v) is 3.42. The van der Waals surface area contributed by atoms with Gasteiger partial charge in [0.1, 0.15) is 16.7 Å². The van der Waals surface area contributed by atoms with Crippen LogP contribution in [0, 0.1) is 11.2 Å². The number of pyridine rings is 1. The van der Waals surface area contributed by atoms with Gasteiger partial charge in [0.2, 0.25) is 5.62 Å². The maximum Gasteiger partial charge on any atom is 0.203 e. The second-order valence-corrected chi connectivity index (χ2v) is 7.08. The highest BCUT2D eigenvalue weighted by Gasteiger charge is 2.11. The molecule has 0 bridgehead atoms. The Morgan fingerprint density at radius 3 is 2.38 bits per heavy atom. The van der Waals surface area contributed by atoms with Gasteiger partial charge in [0.15, 0.2) is 0 Å². The summed E-state index contributed by atoms with van der Waals surface area (Å²) in [4.78, 5) is 4.13. The van der Waals surface area contributed by atoms with Crippen LogP contribution in [-0.4, -0.2) is 20.7 Å². The highest BCUT2D eigenvalue weighted by atomic mass is 35.5. The smallest absolute Gasteiger partial charge is 0.203 e. The summed E-state index contributed by atoms with van der Waals surface area (Å²) in [6, 6.07) is 17.7. The van der Waals surface area contributed by atoms with Gasteiger partial charge in [0.05, 0.1) is 24.2 Å². The van der Waals surface area contributed by atoms with Crippen molar-refractivity contribution in [1.82, 2.24) is 14.1 Å². The van der Waals surface area contributed by atoms with E-state index in [-0.39, 0.29) is 5.82 Å². The molecule has 0 amide bonds. The number of imidazole rings is 1. The Bertz CT molecular complexity index is 1170. The summed E-state index contributed by atoms with van der Waals surface area (Å²) in [7, 11) is 0. The van der Waals surface area contributed by atoms with E-state index < -0.39 is 0 Å². The third-order valence-corrected chi connectivity index (χ3v) is 4.94. The molecule has 148 valence electrons. The standard InChI is InChI=1S/C22H20ClFN4O/c23-21-11-6-16(14-26-21)15-28-20-5-2-1-4-19(20)27(22(28)25)12-3-13-29-18-9-7-17(24)8-10-18/h1-2,4-11,14,25H,3,12-13,15H2. The molecular formula is C22H20ClFN4O. The van der Waals surface area contributed by atoms with Gasteiger partial charge in [-0.2, -0.15) is 0 Å². The van der Waals surface area contributed by atoms with Gasteiger partial charge in [0, 0.05) is 12.7 Å². The van der Waals surface area contributed by atoms with Crippen molar-refractivity contribution in [2.45, 2.75) is 19.5 Å². The van der Waals surface area contributed by atoms with Gasteiger partial charge in [-0.1, -0.05) is 29.8 Å². The molecule has 1 N–H and O–H groups in total. The molecule has 5 nitrogen and oxygen atoms in total. The minimum Gasteiger partial charge on any atom is -0.494 e. The number of aromatic nitrogens is 3. The third-order valence-electron chi connectivity index (χ3n) is 4.71. The average Bonchev–Trinajstić information content (AvgIpc) is 3.00. The fraction of sp³-hybridized carbons (Fsp3) is 0.182. The summed E-state index contributed by atoms with van der Waals surface area (Å²) in [6.45, 7) is 1.67. The molecule has 0 spiro atoms. The predicted octanol–water partition coefficient (Wildman–Crippen LogP) is 4.63. The molecule has 0 saturated heterocycles. The van der Waals surface area contributed by atoms with Crippen LogP contribution in [0.1, 0.15) is 12.0 Å². The lowest BCUT2D eigenvalue weighted by Crippen LogP contribution is -2.25. The second-order valence-electron chi connectivity index (χ2n) is 6.70. The Hall–Kier alpha value is -3.12. The molecule has 4 rings (SSSR count). The van der Waals surface area contributed by atoms with E-state index in [1.807, 2.05) is 39.5 Å². The summed E-state index contributed by atoms with van der Waals surface area (Å²) < 4.78 is 22.6. The van der Waals surface area contributed by atoms with E-state index in [4.69, 9.17) is 21.7 Å². The van der Waals surface area contributed by atoms with Crippen molar-refractivity contribution >= 4 is 22.6 Å². The lowest BCUT2D eigenvalue weighted by Gasteiger charge is -2.08. The number of ether oxygens (including phenoxy) is 1. The maximum atomic E-state index is 13.0. The van der Waals surface area contributed by atoms with E-state index in [9.17, 15) is 4.39 Å². The van der Waals surface area contributed by atoms with Gasteiger partial charge in [-0.15, -0.1) is 0 Å². The van der Waals surface area contributed by atoms with Crippen LogP contribution >= 0.6 is 11.6 Å². The Kier molecular flexibility index (Phi) is 5.62. The zero-order valence-electron chi connectivity index (χ0n) is 15.7. The molecule has 4 aromatic rings. The number of para-hydroxylation sites is 2. The van der Waals surface area contributed by atoms with Crippen molar-refractivity contribution in [3.05, 3.63) is 89.0 Å². The number of fused-ring (bicyclic) bond motifs is 1. The van der Waals surface area contributed by atoms with Crippen LogP contribution in [0.25, 0.3) is 11.0 Å². The minimum atomic E-state index is -0.282. The molecule has 0 aliphatic heterocycles. The van der Waals surface area contributed by atoms with Gasteiger partial charge >= 0.3 is 0 Å². The van der Waals surface area contributed by atoms with Crippen LogP contribution in [0.4, 0.5) is 4.39 Å². The van der Waals surface area contributed by atoms with Gasteiger partial charge in [-0.3, -0.25) is 5.41 Å². The van der Waals surface area contributed by atoms with Crippen LogP contribution < -0.4 is 10.4 Å². The first-order valence-corrected chi connectivity index (χ1v) is 9.71. The molecule has 0 fully saturated rings. The normalized spacial score (nSPS) is 11.1. The molecule has 0 radical (unpaired) electrons. The molecule has 0 atom stereocenters. The van der Waals surface area contributed by atoms with E-state index in [0.29, 0.717) is 36.2 Å². The van der Waals surface area contributed by atoms with Crippen molar-refractivity contribution in [2.75, 3.05) is 6.61 Å². The Morgan fingerprint density at radius 2 is 1.69 bits per heavy atom. The van der Waals surface area contributed by atoms with Crippen molar-refractivity contribution in [2.24, 2.45) is 0 Å². The zero-order valence-corrected chi connectivity index (χ0v) is 16.4. The molecule has 2 aromatic heterocycles. The SMILES string of the molecule is N=c1n(CCCOc2ccc(F)cc2)c2ccccc2n1Cc1ccc(Cl)nc1. The first-order valence-electron chi connectivity index (χ1n) is 9.33. The first-order chi connectivity index (χ1) is 14.1. The largest absolute Gasteiger partial charge is 0.494 e. The number of halogens is 2. The molecule has 0 aliphatic carbocycles. The van der Waals surface area contributed by atoms with Crippen LogP contribution in [-0.2, 0) is 13.1 Å². The molecular weight excluding hydrogens is 391 g/mol. The van der Waals surface area contributed by atoms with Gasteiger partial charge in [-0.05, 0) is 54.4 Å². The Labute approximate surface area is 172 Å². The van der Waals surface area contributed by atoms with Crippen LogP contribution in [0.2, 0.25) is 5.15 Å². The van der Waals surface area contributed by atoms with Crippen LogP contribution in [0.3, 0.4) is 0 Å². The van der Waals surface area contributed by atoms with Gasteiger partial charge < -0.3 is 13.9 Å². The summed E-state index contributed by atoms with van der Waals surface area (Å²) in [5.41, 5.74) is 3.39. The molecule has 29 heavy (non-hydrogen) atoms. The number of aryl methyl sites for hydroxylation is 1. The molecule has 0 unspecified atom stereocenters. The number of hydrogen-bond acceptors (Lipinski definition) is 3. The summed E-state index contributed by atoms with van der Waals surface area (Å²) in [6.07, 6.45) is 2.46. The van der Waals surface area contributed by atoms with E-state index in [2.05, 4.69) is 4.98 Å². The van der Waals surface area contributed by atoms with Crippen molar-refractivity contribution in [1.29, 1.82) is 5.41 Å². The minimum absolute atomic E-state index is 0.282. The fourth-order valence-electron chi connectivity index (χ4n) is 3.31. The average molecular weight is 411 g/mol. The summed E-state index contributed by atoms with van der Waals surface area (Å²) in [5, 5.41) is 9.14. The Balaban J connectivity index is 1.51. The second kappa shape index (κ2) is 8.49. The number of nitrogens with zero attached hydrogens (tertiary/aromatic N) is 3. The third kappa shape index (κ3) is 4.32. The van der Waals surface area contributed by atoms with E-state index in [0.717, 1.165) is 23.0 Å². The quantitative estimate of drug-likeness (QED) is 0.357. The number of benzene rings is 2. The van der Waals surface area contributed by atoms with E-state index in [1.165, 1.54) is 12.1 Å². The Morgan fingerprint density at radius 1 is 0.966 bits per heavy atom. The number of nitrogens with one attached hydrogen (secondary N) is 1.